The topological polar surface area (TPSA) is 90.6 Å². The second kappa shape index (κ2) is 7.25. The maximum absolute atomic E-state index is 11.4. The molecule has 0 saturated carbocycles. The predicted octanol–water partition coefficient (Wildman–Crippen LogP) is 0.715. The first-order chi connectivity index (χ1) is 9.04. The fourth-order valence-corrected chi connectivity index (χ4v) is 1.37. The molecule has 0 heterocycles. The maximum Gasteiger partial charge on any atom is 0.310 e. The molecule has 0 aliphatic carbocycles. The van der Waals surface area contributed by atoms with Crippen LogP contribution < -0.4 is 15.8 Å². The highest BCUT2D eigenvalue weighted by molar-refractivity contribution is 5.83. The normalized spacial score (nSPS) is 11.5. The van der Waals surface area contributed by atoms with Crippen molar-refractivity contribution in [1.29, 1.82) is 0 Å². The van der Waals surface area contributed by atoms with Crippen LogP contribution in [0.2, 0.25) is 0 Å². The largest absolute Gasteiger partial charge is 0.491 e. The van der Waals surface area contributed by atoms with Gasteiger partial charge in [0.25, 0.3) is 5.91 Å². The molecule has 0 bridgehead atoms. The number of esters is 1. The lowest BCUT2D eigenvalue weighted by atomic mass is 10.3. The van der Waals surface area contributed by atoms with Crippen LogP contribution in [0.4, 0.5) is 5.69 Å². The smallest absolute Gasteiger partial charge is 0.310 e. The molecule has 1 rings (SSSR count). The van der Waals surface area contributed by atoms with E-state index in [1.165, 1.54) is 14.0 Å². The van der Waals surface area contributed by atoms with Gasteiger partial charge in [0.2, 0.25) is 0 Å². The Morgan fingerprint density at radius 3 is 2.68 bits per heavy atom. The monoisotopic (exact) mass is 266 g/mol. The molecule has 0 aliphatic rings. The number of carbonyl (C=O) groups is 2. The minimum Gasteiger partial charge on any atom is -0.491 e. The van der Waals surface area contributed by atoms with Crippen LogP contribution >= 0.6 is 0 Å². The minimum atomic E-state index is -0.806. The van der Waals surface area contributed by atoms with Gasteiger partial charge in [0.05, 0.1) is 18.7 Å². The van der Waals surface area contributed by atoms with Crippen molar-refractivity contribution in [3.05, 3.63) is 24.3 Å². The lowest BCUT2D eigenvalue weighted by molar-refractivity contribution is -0.155. The van der Waals surface area contributed by atoms with E-state index in [1.54, 1.807) is 24.3 Å². The van der Waals surface area contributed by atoms with Gasteiger partial charge in [0.15, 0.2) is 6.10 Å². The highest BCUT2D eigenvalue weighted by Gasteiger charge is 2.16. The Labute approximate surface area is 111 Å². The number of amides is 1. The lowest BCUT2D eigenvalue weighted by Gasteiger charge is -2.12. The van der Waals surface area contributed by atoms with Crippen molar-refractivity contribution >= 4 is 17.6 Å². The van der Waals surface area contributed by atoms with Gasteiger partial charge in [-0.1, -0.05) is 12.1 Å². The number of carbonyl (C=O) groups excluding carboxylic acids is 2. The van der Waals surface area contributed by atoms with Crippen molar-refractivity contribution < 1.29 is 19.1 Å². The van der Waals surface area contributed by atoms with E-state index < -0.39 is 12.1 Å². The van der Waals surface area contributed by atoms with E-state index in [1.807, 2.05) is 0 Å². The molecule has 0 spiro atoms. The van der Waals surface area contributed by atoms with Gasteiger partial charge in [-0.2, -0.15) is 0 Å². The number of benzene rings is 1. The van der Waals surface area contributed by atoms with Gasteiger partial charge in [0.1, 0.15) is 5.75 Å². The molecule has 0 aliphatic heterocycles. The van der Waals surface area contributed by atoms with E-state index in [0.717, 1.165) is 0 Å². The molecule has 104 valence electrons. The molecule has 0 saturated heterocycles. The van der Waals surface area contributed by atoms with Gasteiger partial charge in [-0.3, -0.25) is 9.59 Å². The molecule has 1 atom stereocenters. The fourth-order valence-electron chi connectivity index (χ4n) is 1.37. The summed E-state index contributed by atoms with van der Waals surface area (Å²) in [5.41, 5.74) is 6.19. The van der Waals surface area contributed by atoms with Gasteiger partial charge in [-0.05, 0) is 19.1 Å². The van der Waals surface area contributed by atoms with E-state index in [9.17, 15) is 9.59 Å². The van der Waals surface area contributed by atoms with Crippen LogP contribution in [0.5, 0.6) is 5.75 Å². The summed E-state index contributed by atoms with van der Waals surface area (Å²) in [5.74, 6) is -0.318. The first-order valence-corrected chi connectivity index (χ1v) is 5.93. The van der Waals surface area contributed by atoms with Gasteiger partial charge in [-0.15, -0.1) is 0 Å². The summed E-state index contributed by atoms with van der Waals surface area (Å²) in [6.07, 6.45) is -0.755. The zero-order chi connectivity index (χ0) is 14.3. The molecular weight excluding hydrogens is 248 g/mol. The Morgan fingerprint density at radius 2 is 2.05 bits per heavy atom. The van der Waals surface area contributed by atoms with Gasteiger partial charge >= 0.3 is 5.97 Å². The highest BCUT2D eigenvalue weighted by Crippen LogP contribution is 2.19. The van der Waals surface area contributed by atoms with Crippen LogP contribution in [0.1, 0.15) is 13.3 Å². The Bertz CT molecular complexity index is 448. The molecule has 1 unspecified atom stereocenters. The van der Waals surface area contributed by atoms with E-state index >= 15 is 0 Å². The summed E-state index contributed by atoms with van der Waals surface area (Å²) in [6, 6.07) is 7.01. The number of para-hydroxylation sites is 2. The number of likely N-dealkylation sites (N-methyl/N-ethyl adjacent to an activating group) is 1. The SMILES string of the molecule is CNC(=O)C(C)OC(=O)CCOc1ccccc1N. The molecule has 1 aromatic carbocycles. The Hall–Kier alpha value is -2.24. The quantitative estimate of drug-likeness (QED) is 0.584. The van der Waals surface area contributed by atoms with Gasteiger partial charge in [-0.25, -0.2) is 0 Å². The van der Waals surface area contributed by atoms with Crippen molar-refractivity contribution in [1.82, 2.24) is 5.32 Å². The predicted molar refractivity (Wildman–Crippen MR) is 70.6 cm³/mol. The van der Waals surface area contributed by atoms with E-state index in [-0.39, 0.29) is 18.9 Å². The molecule has 1 amide bonds. The summed E-state index contributed by atoms with van der Waals surface area (Å²) in [6.45, 7) is 1.65. The minimum absolute atomic E-state index is 0.0513. The van der Waals surface area contributed by atoms with Gasteiger partial charge in [0, 0.05) is 7.05 Å². The van der Waals surface area contributed by atoms with E-state index in [0.29, 0.717) is 11.4 Å². The number of nitrogens with one attached hydrogen (secondary N) is 1. The number of hydrogen-bond acceptors (Lipinski definition) is 5. The third kappa shape index (κ3) is 4.87. The zero-order valence-electron chi connectivity index (χ0n) is 11.0. The second-order valence-electron chi connectivity index (χ2n) is 3.88. The number of ether oxygens (including phenoxy) is 2. The summed E-state index contributed by atoms with van der Waals surface area (Å²) < 4.78 is 10.3. The molecular formula is C13H18N2O4. The summed E-state index contributed by atoms with van der Waals surface area (Å²) in [5, 5.41) is 2.40. The van der Waals surface area contributed by atoms with Crippen LogP contribution in [0, 0.1) is 0 Å². The molecule has 19 heavy (non-hydrogen) atoms. The Balaban J connectivity index is 2.32. The van der Waals surface area contributed by atoms with E-state index in [4.69, 9.17) is 15.2 Å². The second-order valence-corrected chi connectivity index (χ2v) is 3.88. The maximum atomic E-state index is 11.4. The van der Waals surface area contributed by atoms with Crippen LogP contribution in [0.3, 0.4) is 0 Å². The standard InChI is InChI=1S/C13H18N2O4/c1-9(13(17)15-2)19-12(16)7-8-18-11-6-4-3-5-10(11)14/h3-6,9H,7-8,14H2,1-2H3,(H,15,17). The fraction of sp³-hybridized carbons (Fsp3) is 0.385. The van der Waals surface area contributed by atoms with Gasteiger partial charge < -0.3 is 20.5 Å². The van der Waals surface area contributed by atoms with Crippen LogP contribution in [-0.2, 0) is 14.3 Å². The zero-order valence-corrected chi connectivity index (χ0v) is 11.0. The summed E-state index contributed by atoms with van der Waals surface area (Å²) in [4.78, 5) is 22.6. The van der Waals surface area contributed by atoms with Crippen molar-refractivity contribution in [3.8, 4) is 5.75 Å². The van der Waals surface area contributed by atoms with Crippen molar-refractivity contribution in [2.45, 2.75) is 19.4 Å². The molecule has 0 radical (unpaired) electrons. The van der Waals surface area contributed by atoms with E-state index in [2.05, 4.69) is 5.32 Å². The first kappa shape index (κ1) is 14.8. The lowest BCUT2D eigenvalue weighted by Crippen LogP contribution is -2.33. The summed E-state index contributed by atoms with van der Waals surface area (Å²) in [7, 11) is 1.48. The molecule has 1 aromatic rings. The van der Waals surface area contributed by atoms with Crippen LogP contribution in [0.15, 0.2) is 24.3 Å². The van der Waals surface area contributed by atoms with Crippen LogP contribution in [0.25, 0.3) is 0 Å². The number of hydrogen-bond donors (Lipinski definition) is 2. The summed E-state index contributed by atoms with van der Waals surface area (Å²) >= 11 is 0. The highest BCUT2D eigenvalue weighted by atomic mass is 16.5. The number of anilines is 1. The Kier molecular flexibility index (Phi) is 5.66. The van der Waals surface area contributed by atoms with Crippen molar-refractivity contribution in [2.75, 3.05) is 19.4 Å². The first-order valence-electron chi connectivity index (χ1n) is 5.93. The molecule has 3 N–H and O–H groups in total. The third-order valence-electron chi connectivity index (χ3n) is 2.41. The Morgan fingerprint density at radius 1 is 1.37 bits per heavy atom. The molecule has 0 aromatic heterocycles. The molecule has 6 nitrogen and oxygen atoms in total. The number of nitrogens with two attached hydrogens (primary N) is 1. The van der Waals surface area contributed by atoms with Crippen molar-refractivity contribution in [3.63, 3.8) is 0 Å². The average molecular weight is 266 g/mol. The van der Waals surface area contributed by atoms with Crippen LogP contribution in [-0.4, -0.2) is 31.6 Å². The molecule has 6 heteroatoms. The number of nitrogen functional groups attached to an aromatic ring is 1. The average Bonchev–Trinajstić information content (AvgIpc) is 2.40. The molecule has 0 fully saturated rings. The third-order valence-corrected chi connectivity index (χ3v) is 2.41. The number of rotatable bonds is 6. The van der Waals surface area contributed by atoms with Crippen molar-refractivity contribution in [2.24, 2.45) is 0 Å².